The second kappa shape index (κ2) is 4.70. The predicted octanol–water partition coefficient (Wildman–Crippen LogP) is 3.00. The topological polar surface area (TPSA) is 85.2 Å². The molecular weight excluding hydrogens is 254 g/mol. The van der Waals surface area contributed by atoms with E-state index in [0.29, 0.717) is 23.0 Å². The number of nitrogen functional groups attached to an aromatic ring is 1. The van der Waals surface area contributed by atoms with Crippen LogP contribution >= 0.6 is 0 Å². The van der Waals surface area contributed by atoms with Crippen LogP contribution in [0.5, 0.6) is 5.75 Å². The van der Waals surface area contributed by atoms with Crippen molar-refractivity contribution in [3.8, 4) is 28.6 Å². The van der Waals surface area contributed by atoms with E-state index in [4.69, 9.17) is 10.3 Å². The van der Waals surface area contributed by atoms with Crippen LogP contribution in [0.3, 0.4) is 0 Å². The summed E-state index contributed by atoms with van der Waals surface area (Å²) in [5, 5.41) is 13.4. The number of aromatic nitrogens is 2. The molecule has 3 rings (SSSR count). The van der Waals surface area contributed by atoms with Crippen LogP contribution < -0.4 is 5.73 Å². The van der Waals surface area contributed by atoms with Gasteiger partial charge in [-0.3, -0.25) is 0 Å². The quantitative estimate of drug-likeness (QED) is 0.697. The van der Waals surface area contributed by atoms with Gasteiger partial charge in [-0.05, 0) is 36.8 Å². The predicted molar refractivity (Wildman–Crippen MR) is 76.0 cm³/mol. The third-order valence-electron chi connectivity index (χ3n) is 3.14. The summed E-state index contributed by atoms with van der Waals surface area (Å²) in [6, 6.07) is 12.3. The standard InChI is InChI=1S/C15H13N3O2/c1-9-12(6-3-7-13(9)16)15-17-14(18-20-15)10-4-2-5-11(19)8-10/h2-8,19H,16H2,1H3. The van der Waals surface area contributed by atoms with Crippen molar-refractivity contribution < 1.29 is 9.63 Å². The Balaban J connectivity index is 2.04. The number of hydrogen-bond donors (Lipinski definition) is 2. The summed E-state index contributed by atoms with van der Waals surface area (Å²) in [5.74, 6) is 1.000. The van der Waals surface area contributed by atoms with E-state index in [0.717, 1.165) is 11.1 Å². The van der Waals surface area contributed by atoms with Crippen LogP contribution in [0, 0.1) is 6.92 Å². The summed E-state index contributed by atoms with van der Waals surface area (Å²) in [4.78, 5) is 4.35. The van der Waals surface area contributed by atoms with Gasteiger partial charge in [-0.15, -0.1) is 0 Å². The zero-order valence-corrected chi connectivity index (χ0v) is 10.9. The molecule has 0 bridgehead atoms. The summed E-state index contributed by atoms with van der Waals surface area (Å²) in [6.07, 6.45) is 0. The number of hydrogen-bond acceptors (Lipinski definition) is 5. The van der Waals surface area contributed by atoms with Crippen LogP contribution in [-0.4, -0.2) is 15.2 Å². The summed E-state index contributed by atoms with van der Waals surface area (Å²) in [7, 11) is 0. The number of phenols is 1. The molecule has 0 aliphatic heterocycles. The normalized spacial score (nSPS) is 10.7. The Morgan fingerprint density at radius 3 is 2.75 bits per heavy atom. The van der Waals surface area contributed by atoms with E-state index in [1.807, 2.05) is 25.1 Å². The van der Waals surface area contributed by atoms with Crippen LogP contribution in [0.25, 0.3) is 22.8 Å². The van der Waals surface area contributed by atoms with Crippen LogP contribution in [0.15, 0.2) is 47.0 Å². The fraction of sp³-hybridized carbons (Fsp3) is 0.0667. The lowest BCUT2D eigenvalue weighted by Crippen LogP contribution is -1.92. The second-order valence-electron chi connectivity index (χ2n) is 4.49. The molecule has 0 atom stereocenters. The lowest BCUT2D eigenvalue weighted by molar-refractivity contribution is 0.432. The van der Waals surface area contributed by atoms with Crippen molar-refractivity contribution in [2.24, 2.45) is 0 Å². The molecule has 100 valence electrons. The molecule has 0 aliphatic carbocycles. The van der Waals surface area contributed by atoms with Gasteiger partial charge in [-0.25, -0.2) is 0 Å². The minimum absolute atomic E-state index is 0.161. The second-order valence-corrected chi connectivity index (χ2v) is 4.49. The van der Waals surface area contributed by atoms with Crippen molar-refractivity contribution in [1.82, 2.24) is 10.1 Å². The first kappa shape index (κ1) is 12.2. The Morgan fingerprint density at radius 1 is 1.15 bits per heavy atom. The molecule has 0 saturated carbocycles. The van der Waals surface area contributed by atoms with E-state index < -0.39 is 0 Å². The first-order chi connectivity index (χ1) is 9.65. The minimum atomic E-state index is 0.161. The molecule has 0 aliphatic rings. The Hall–Kier alpha value is -2.82. The molecule has 0 spiro atoms. The fourth-order valence-corrected chi connectivity index (χ4v) is 1.98. The van der Waals surface area contributed by atoms with E-state index in [2.05, 4.69) is 10.1 Å². The van der Waals surface area contributed by atoms with Gasteiger partial charge in [0.2, 0.25) is 5.82 Å². The van der Waals surface area contributed by atoms with E-state index in [1.54, 1.807) is 24.3 Å². The van der Waals surface area contributed by atoms with Crippen LogP contribution in [0.2, 0.25) is 0 Å². The largest absolute Gasteiger partial charge is 0.508 e. The zero-order valence-electron chi connectivity index (χ0n) is 10.9. The monoisotopic (exact) mass is 267 g/mol. The van der Waals surface area contributed by atoms with Gasteiger partial charge < -0.3 is 15.4 Å². The van der Waals surface area contributed by atoms with Crippen molar-refractivity contribution in [2.75, 3.05) is 5.73 Å². The van der Waals surface area contributed by atoms with Crippen molar-refractivity contribution in [3.63, 3.8) is 0 Å². The van der Waals surface area contributed by atoms with Crippen molar-refractivity contribution in [2.45, 2.75) is 6.92 Å². The maximum Gasteiger partial charge on any atom is 0.258 e. The van der Waals surface area contributed by atoms with Crippen molar-refractivity contribution in [3.05, 3.63) is 48.0 Å². The Labute approximate surface area is 115 Å². The molecule has 0 fully saturated rings. The van der Waals surface area contributed by atoms with Crippen LogP contribution in [0.1, 0.15) is 5.56 Å². The number of nitrogens with two attached hydrogens (primary N) is 1. The Kier molecular flexibility index (Phi) is 2.87. The van der Waals surface area contributed by atoms with Gasteiger partial charge in [-0.2, -0.15) is 4.98 Å². The molecule has 5 nitrogen and oxygen atoms in total. The number of phenolic OH excluding ortho intramolecular Hbond substituents is 1. The third kappa shape index (κ3) is 2.09. The number of nitrogens with zero attached hydrogens (tertiary/aromatic N) is 2. The number of aromatic hydroxyl groups is 1. The molecule has 1 heterocycles. The van der Waals surface area contributed by atoms with Crippen LogP contribution in [-0.2, 0) is 0 Å². The summed E-state index contributed by atoms with van der Waals surface area (Å²) < 4.78 is 5.28. The number of rotatable bonds is 2. The van der Waals surface area contributed by atoms with Crippen LogP contribution in [0.4, 0.5) is 5.69 Å². The average molecular weight is 267 g/mol. The molecule has 0 unspecified atom stereocenters. The lowest BCUT2D eigenvalue weighted by Gasteiger charge is -2.03. The molecule has 20 heavy (non-hydrogen) atoms. The van der Waals surface area contributed by atoms with Gasteiger partial charge in [0.05, 0.1) is 0 Å². The third-order valence-corrected chi connectivity index (χ3v) is 3.14. The summed E-state index contributed by atoms with van der Waals surface area (Å²) >= 11 is 0. The van der Waals surface area contributed by atoms with Crippen molar-refractivity contribution >= 4 is 5.69 Å². The molecule has 2 aromatic carbocycles. The molecule has 3 N–H and O–H groups in total. The molecule has 1 aromatic heterocycles. The van der Waals surface area contributed by atoms with Gasteiger partial charge >= 0.3 is 0 Å². The number of benzene rings is 2. The van der Waals surface area contributed by atoms with E-state index >= 15 is 0 Å². The SMILES string of the molecule is Cc1c(N)cccc1-c1nc(-c2cccc(O)c2)no1. The smallest absolute Gasteiger partial charge is 0.258 e. The van der Waals surface area contributed by atoms with Gasteiger partial charge in [0.15, 0.2) is 0 Å². The lowest BCUT2D eigenvalue weighted by atomic mass is 10.1. The van der Waals surface area contributed by atoms with E-state index in [9.17, 15) is 5.11 Å². The molecule has 5 heteroatoms. The highest BCUT2D eigenvalue weighted by atomic mass is 16.5. The highest BCUT2D eigenvalue weighted by Crippen LogP contribution is 2.28. The van der Waals surface area contributed by atoms with Gasteiger partial charge in [0.25, 0.3) is 5.89 Å². The van der Waals surface area contributed by atoms with Gasteiger partial charge in [-0.1, -0.05) is 23.4 Å². The Bertz CT molecular complexity index is 765. The maximum atomic E-state index is 9.48. The maximum absolute atomic E-state index is 9.48. The van der Waals surface area contributed by atoms with Gasteiger partial charge in [0, 0.05) is 16.8 Å². The molecule has 0 radical (unpaired) electrons. The minimum Gasteiger partial charge on any atom is -0.508 e. The van der Waals surface area contributed by atoms with Crippen molar-refractivity contribution in [1.29, 1.82) is 0 Å². The molecular formula is C15H13N3O2. The average Bonchev–Trinajstić information content (AvgIpc) is 2.91. The molecule has 0 saturated heterocycles. The highest BCUT2D eigenvalue weighted by Gasteiger charge is 2.13. The van der Waals surface area contributed by atoms with Gasteiger partial charge in [0.1, 0.15) is 5.75 Å². The summed E-state index contributed by atoms with van der Waals surface area (Å²) in [5.41, 5.74) is 8.96. The first-order valence-corrected chi connectivity index (χ1v) is 6.14. The summed E-state index contributed by atoms with van der Waals surface area (Å²) in [6.45, 7) is 1.91. The number of anilines is 1. The molecule has 3 aromatic rings. The van der Waals surface area contributed by atoms with E-state index in [-0.39, 0.29) is 5.75 Å². The zero-order chi connectivity index (χ0) is 14.1. The fourth-order valence-electron chi connectivity index (χ4n) is 1.98. The Morgan fingerprint density at radius 2 is 1.95 bits per heavy atom. The first-order valence-electron chi connectivity index (χ1n) is 6.14. The van der Waals surface area contributed by atoms with E-state index in [1.165, 1.54) is 0 Å². The highest BCUT2D eigenvalue weighted by molar-refractivity contribution is 5.68. The molecule has 0 amide bonds.